The fraction of sp³-hybridized carbons (Fsp3) is 0.677. The summed E-state index contributed by atoms with van der Waals surface area (Å²) in [4.78, 5) is 5.22. The molecule has 0 spiro atoms. The first-order valence-corrected chi connectivity index (χ1v) is 14.0. The number of likely N-dealkylation sites (tertiary alicyclic amines) is 1. The Morgan fingerprint density at radius 1 is 1.06 bits per heavy atom. The molecule has 3 rings (SSSR count). The quantitative estimate of drug-likeness (QED) is 0.341. The van der Waals surface area contributed by atoms with Crippen LogP contribution in [0.3, 0.4) is 0 Å². The monoisotopic (exact) mass is 466 g/mol. The third kappa shape index (κ3) is 7.80. The minimum atomic E-state index is -0.501. The zero-order chi connectivity index (χ0) is 24.4. The van der Waals surface area contributed by atoms with Crippen molar-refractivity contribution in [3.63, 3.8) is 0 Å². The van der Waals surface area contributed by atoms with Gasteiger partial charge in [-0.2, -0.15) is 0 Å². The lowest BCUT2D eigenvalue weighted by molar-refractivity contribution is -0.0531. The van der Waals surface area contributed by atoms with Gasteiger partial charge in [-0.1, -0.05) is 74.8 Å². The van der Waals surface area contributed by atoms with Crippen LogP contribution >= 0.6 is 0 Å². The fourth-order valence-corrected chi connectivity index (χ4v) is 6.17. The molecular weight excluding hydrogens is 416 g/mol. The van der Waals surface area contributed by atoms with Gasteiger partial charge in [0.15, 0.2) is 0 Å². The van der Waals surface area contributed by atoms with Crippen LogP contribution in [0.2, 0.25) is 0 Å². The zero-order valence-electron chi connectivity index (χ0n) is 22.3. The zero-order valence-corrected chi connectivity index (χ0v) is 22.3. The molecule has 3 nitrogen and oxygen atoms in total. The van der Waals surface area contributed by atoms with Gasteiger partial charge in [-0.25, -0.2) is 0 Å². The molecule has 0 amide bonds. The molecular formula is C31H50N2O. The average molecular weight is 467 g/mol. The lowest BCUT2D eigenvalue weighted by Gasteiger charge is -2.40. The third-order valence-electron chi connectivity index (χ3n) is 8.49. The third-order valence-corrected chi connectivity index (χ3v) is 8.49. The van der Waals surface area contributed by atoms with E-state index in [0.717, 1.165) is 44.8 Å². The van der Waals surface area contributed by atoms with Crippen molar-refractivity contribution in [3.05, 3.63) is 47.5 Å². The second-order valence-corrected chi connectivity index (χ2v) is 11.0. The van der Waals surface area contributed by atoms with Gasteiger partial charge in [0.2, 0.25) is 0 Å². The number of benzene rings is 1. The summed E-state index contributed by atoms with van der Waals surface area (Å²) in [5.74, 6) is 0.323. The van der Waals surface area contributed by atoms with Crippen molar-refractivity contribution in [1.82, 2.24) is 9.80 Å². The molecule has 1 heterocycles. The van der Waals surface area contributed by atoms with Gasteiger partial charge >= 0.3 is 0 Å². The highest BCUT2D eigenvalue weighted by molar-refractivity contribution is 5.65. The van der Waals surface area contributed by atoms with E-state index in [-0.39, 0.29) is 0 Å². The van der Waals surface area contributed by atoms with Crippen LogP contribution in [0.15, 0.2) is 30.9 Å². The largest absolute Gasteiger partial charge is 0.390 e. The standard InChI is InChI=1S/C31H50N2O/c1-5-27-16-15-26(3)25-28(27)13-12-14-29(31(34)19-8-7-9-20-31)17-23-32(4)24-18-30(6-2)33-21-10-11-22-33/h5,12-13,15-16,25,29-30,34H,1,6-11,14,17-24H2,2-4H3/b13-12-. The fourth-order valence-electron chi connectivity index (χ4n) is 6.17. The Morgan fingerprint density at radius 3 is 2.44 bits per heavy atom. The molecule has 2 atom stereocenters. The molecule has 1 aliphatic carbocycles. The van der Waals surface area contributed by atoms with Crippen LogP contribution in [0, 0.1) is 12.8 Å². The maximum absolute atomic E-state index is 11.6. The number of allylic oxidation sites excluding steroid dienone is 1. The Bertz CT molecular complexity index is 774. The summed E-state index contributed by atoms with van der Waals surface area (Å²) in [6, 6.07) is 7.26. The highest BCUT2D eigenvalue weighted by Gasteiger charge is 2.36. The van der Waals surface area contributed by atoms with E-state index in [1.165, 1.54) is 74.7 Å². The van der Waals surface area contributed by atoms with Crippen molar-refractivity contribution in [2.75, 3.05) is 33.2 Å². The Morgan fingerprint density at radius 2 is 1.76 bits per heavy atom. The van der Waals surface area contributed by atoms with Crippen molar-refractivity contribution in [2.24, 2.45) is 5.92 Å². The van der Waals surface area contributed by atoms with Gasteiger partial charge in [0, 0.05) is 6.04 Å². The molecule has 1 aromatic carbocycles. The van der Waals surface area contributed by atoms with Crippen LogP contribution in [0.25, 0.3) is 12.2 Å². The molecule has 190 valence electrons. The Balaban J connectivity index is 1.58. The Labute approximate surface area is 209 Å². The lowest BCUT2D eigenvalue weighted by atomic mass is 9.73. The van der Waals surface area contributed by atoms with Crippen LogP contribution in [0.4, 0.5) is 0 Å². The first-order chi connectivity index (χ1) is 16.4. The number of hydrogen-bond donors (Lipinski definition) is 1. The van der Waals surface area contributed by atoms with Crippen LogP contribution in [0.5, 0.6) is 0 Å². The van der Waals surface area contributed by atoms with E-state index in [2.05, 4.69) is 67.6 Å². The average Bonchev–Trinajstić information content (AvgIpc) is 3.37. The molecule has 1 saturated heterocycles. The van der Waals surface area contributed by atoms with Crippen molar-refractivity contribution in [3.8, 4) is 0 Å². The summed E-state index contributed by atoms with van der Waals surface area (Å²) in [6.45, 7) is 13.3. The van der Waals surface area contributed by atoms with Crippen molar-refractivity contribution >= 4 is 12.2 Å². The van der Waals surface area contributed by atoms with Crippen LogP contribution in [-0.4, -0.2) is 59.8 Å². The Kier molecular flexibility index (Phi) is 10.9. The molecule has 34 heavy (non-hydrogen) atoms. The number of hydrogen-bond acceptors (Lipinski definition) is 3. The maximum Gasteiger partial charge on any atom is 0.0679 e. The number of rotatable bonds is 13. The number of aliphatic hydroxyl groups is 1. The molecule has 2 fully saturated rings. The van der Waals surface area contributed by atoms with Crippen molar-refractivity contribution in [2.45, 2.75) is 96.1 Å². The minimum Gasteiger partial charge on any atom is -0.390 e. The smallest absolute Gasteiger partial charge is 0.0679 e. The minimum absolute atomic E-state index is 0.323. The predicted molar refractivity (Wildman–Crippen MR) is 148 cm³/mol. The highest BCUT2D eigenvalue weighted by atomic mass is 16.3. The van der Waals surface area contributed by atoms with E-state index < -0.39 is 5.60 Å². The van der Waals surface area contributed by atoms with Gasteiger partial charge in [-0.15, -0.1) is 0 Å². The van der Waals surface area contributed by atoms with E-state index >= 15 is 0 Å². The molecule has 0 aromatic heterocycles. The van der Waals surface area contributed by atoms with Gasteiger partial charge in [-0.05, 0) is 109 Å². The summed E-state index contributed by atoms with van der Waals surface area (Å²) in [6.07, 6.45) is 19.3. The van der Waals surface area contributed by atoms with Gasteiger partial charge < -0.3 is 14.9 Å². The van der Waals surface area contributed by atoms with E-state index in [0.29, 0.717) is 5.92 Å². The molecule has 3 heteroatoms. The topological polar surface area (TPSA) is 26.7 Å². The molecule has 2 aliphatic rings. The summed E-state index contributed by atoms with van der Waals surface area (Å²) in [5, 5.41) is 11.6. The number of aryl methyl sites for hydroxylation is 1. The molecule has 1 saturated carbocycles. The van der Waals surface area contributed by atoms with Crippen molar-refractivity contribution in [1.29, 1.82) is 0 Å². The molecule has 1 aromatic rings. The lowest BCUT2D eigenvalue weighted by Crippen LogP contribution is -2.41. The SMILES string of the molecule is C=Cc1ccc(C)cc1/C=C\CC(CCN(C)CCC(CC)N1CCCC1)C1(O)CCCCC1. The van der Waals surface area contributed by atoms with Gasteiger partial charge in [0.25, 0.3) is 0 Å². The number of nitrogens with zero attached hydrogens (tertiary/aromatic N) is 2. The summed E-state index contributed by atoms with van der Waals surface area (Å²) in [7, 11) is 2.28. The first-order valence-electron chi connectivity index (χ1n) is 14.0. The normalized spacial score (nSPS) is 20.7. The highest BCUT2D eigenvalue weighted by Crippen LogP contribution is 2.38. The van der Waals surface area contributed by atoms with Gasteiger partial charge in [-0.3, -0.25) is 0 Å². The molecule has 0 radical (unpaired) electrons. The predicted octanol–water partition coefficient (Wildman–Crippen LogP) is 6.94. The van der Waals surface area contributed by atoms with Gasteiger partial charge in [0.05, 0.1) is 5.60 Å². The van der Waals surface area contributed by atoms with Crippen molar-refractivity contribution < 1.29 is 5.11 Å². The molecule has 2 unspecified atom stereocenters. The van der Waals surface area contributed by atoms with E-state index in [4.69, 9.17) is 0 Å². The second kappa shape index (κ2) is 13.6. The van der Waals surface area contributed by atoms with Gasteiger partial charge in [0.1, 0.15) is 0 Å². The summed E-state index contributed by atoms with van der Waals surface area (Å²) >= 11 is 0. The molecule has 1 aliphatic heterocycles. The van der Waals surface area contributed by atoms with Crippen LogP contribution in [0.1, 0.15) is 94.2 Å². The summed E-state index contributed by atoms with van der Waals surface area (Å²) < 4.78 is 0. The van der Waals surface area contributed by atoms with E-state index in [1.54, 1.807) is 0 Å². The first kappa shape index (κ1) is 27.2. The summed E-state index contributed by atoms with van der Waals surface area (Å²) in [5.41, 5.74) is 3.18. The van der Waals surface area contributed by atoms with E-state index in [9.17, 15) is 5.11 Å². The molecule has 1 N–H and O–H groups in total. The maximum atomic E-state index is 11.6. The molecule has 0 bridgehead atoms. The van der Waals surface area contributed by atoms with Crippen LogP contribution < -0.4 is 0 Å². The Hall–Kier alpha value is -1.42. The van der Waals surface area contributed by atoms with E-state index in [1.807, 2.05) is 6.08 Å². The second-order valence-electron chi connectivity index (χ2n) is 11.0. The van der Waals surface area contributed by atoms with Crippen LogP contribution in [-0.2, 0) is 0 Å².